The molecule has 0 aromatic carbocycles. The monoisotopic (exact) mass is 192 g/mol. The summed E-state index contributed by atoms with van der Waals surface area (Å²) in [5, 5.41) is 4.02. The first-order chi connectivity index (χ1) is 6.36. The van der Waals surface area contributed by atoms with E-state index in [1.807, 2.05) is 16.8 Å². The number of hydrogen-bond acceptors (Lipinski definition) is 3. The molecule has 0 fully saturated rings. The van der Waals surface area contributed by atoms with Crippen LogP contribution in [-0.2, 0) is 6.54 Å². The minimum atomic E-state index is -0.0128. The summed E-state index contributed by atoms with van der Waals surface area (Å²) in [4.78, 5) is 15.2. The van der Waals surface area contributed by atoms with E-state index in [2.05, 4.69) is 4.98 Å². The molecule has 0 saturated carbocycles. The molecule has 0 aliphatic rings. The predicted molar refractivity (Wildman–Crippen MR) is 51.9 cm³/mol. The molecule has 2 heterocycles. The van der Waals surface area contributed by atoms with Gasteiger partial charge in [-0.25, -0.2) is 4.98 Å². The zero-order valence-corrected chi connectivity index (χ0v) is 7.70. The maximum atomic E-state index is 11.3. The van der Waals surface area contributed by atoms with Gasteiger partial charge in [-0.1, -0.05) is 0 Å². The highest BCUT2D eigenvalue weighted by atomic mass is 32.1. The van der Waals surface area contributed by atoms with Crippen LogP contribution in [0.3, 0.4) is 0 Å². The molecule has 0 saturated heterocycles. The fraction of sp³-hybridized carbons (Fsp3) is 0.111. The second-order valence-electron chi connectivity index (χ2n) is 2.68. The first-order valence-corrected chi connectivity index (χ1v) is 4.82. The molecule has 0 unspecified atom stereocenters. The number of nitrogens with zero attached hydrogens (tertiary/aromatic N) is 2. The Morgan fingerprint density at radius 3 is 3.08 bits per heavy atom. The molecule has 2 rings (SSSR count). The van der Waals surface area contributed by atoms with E-state index < -0.39 is 0 Å². The summed E-state index contributed by atoms with van der Waals surface area (Å²) in [7, 11) is 0. The lowest BCUT2D eigenvalue weighted by molar-refractivity contribution is 0.738. The van der Waals surface area contributed by atoms with Crippen LogP contribution in [0.25, 0.3) is 0 Å². The molecule has 0 N–H and O–H groups in total. The minimum absolute atomic E-state index is 0.0128. The highest BCUT2D eigenvalue weighted by molar-refractivity contribution is 7.07. The first kappa shape index (κ1) is 8.19. The van der Waals surface area contributed by atoms with Gasteiger partial charge in [0, 0.05) is 12.3 Å². The van der Waals surface area contributed by atoms with Crippen molar-refractivity contribution < 1.29 is 0 Å². The van der Waals surface area contributed by atoms with Crippen molar-refractivity contribution >= 4 is 11.3 Å². The Hall–Kier alpha value is -1.42. The molecular weight excluding hydrogens is 184 g/mol. The lowest BCUT2D eigenvalue weighted by Gasteiger charge is -2.00. The molecular formula is C9H8N2OS. The van der Waals surface area contributed by atoms with Gasteiger partial charge >= 0.3 is 0 Å². The van der Waals surface area contributed by atoms with Crippen molar-refractivity contribution in [1.82, 2.24) is 9.55 Å². The van der Waals surface area contributed by atoms with Gasteiger partial charge in [0.2, 0.25) is 0 Å². The molecule has 3 nitrogen and oxygen atoms in total. The molecule has 0 spiro atoms. The van der Waals surface area contributed by atoms with Crippen LogP contribution in [0.15, 0.2) is 40.2 Å². The third-order valence-corrected chi connectivity index (χ3v) is 2.46. The van der Waals surface area contributed by atoms with Crippen molar-refractivity contribution in [3.8, 4) is 0 Å². The van der Waals surface area contributed by atoms with E-state index in [0.29, 0.717) is 6.54 Å². The fourth-order valence-electron chi connectivity index (χ4n) is 1.08. The molecule has 0 bridgehead atoms. The Morgan fingerprint density at radius 1 is 1.46 bits per heavy atom. The molecule has 13 heavy (non-hydrogen) atoms. The molecule has 0 amide bonds. The van der Waals surface area contributed by atoms with E-state index in [-0.39, 0.29) is 5.56 Å². The van der Waals surface area contributed by atoms with Crippen LogP contribution >= 0.6 is 11.3 Å². The third kappa shape index (κ3) is 1.84. The van der Waals surface area contributed by atoms with Gasteiger partial charge < -0.3 is 0 Å². The van der Waals surface area contributed by atoms with Crippen LogP contribution < -0.4 is 5.56 Å². The SMILES string of the molecule is O=c1ccncn1Cc1ccsc1. The van der Waals surface area contributed by atoms with Crippen LogP contribution in [0.1, 0.15) is 5.56 Å². The van der Waals surface area contributed by atoms with E-state index in [9.17, 15) is 4.79 Å². The maximum Gasteiger partial charge on any atom is 0.253 e. The van der Waals surface area contributed by atoms with Gasteiger partial charge in [-0.2, -0.15) is 11.3 Å². The lowest BCUT2D eigenvalue weighted by atomic mass is 10.3. The molecule has 0 aliphatic heterocycles. The normalized spacial score (nSPS) is 10.2. The highest BCUT2D eigenvalue weighted by Gasteiger charge is 1.96. The second kappa shape index (κ2) is 3.53. The summed E-state index contributed by atoms with van der Waals surface area (Å²) < 4.78 is 1.59. The minimum Gasteiger partial charge on any atom is -0.295 e. The zero-order chi connectivity index (χ0) is 9.10. The predicted octanol–water partition coefficient (Wildman–Crippen LogP) is 1.35. The summed E-state index contributed by atoms with van der Waals surface area (Å²) >= 11 is 1.63. The van der Waals surface area contributed by atoms with Crippen molar-refractivity contribution in [2.24, 2.45) is 0 Å². The van der Waals surface area contributed by atoms with Gasteiger partial charge in [0.05, 0.1) is 12.9 Å². The summed E-state index contributed by atoms with van der Waals surface area (Å²) in [5.74, 6) is 0. The van der Waals surface area contributed by atoms with E-state index in [1.54, 1.807) is 22.2 Å². The molecule has 4 heteroatoms. The van der Waals surface area contributed by atoms with Gasteiger partial charge in [0.15, 0.2) is 0 Å². The number of aromatic nitrogens is 2. The largest absolute Gasteiger partial charge is 0.295 e. The van der Waals surface area contributed by atoms with E-state index >= 15 is 0 Å². The van der Waals surface area contributed by atoms with Crippen LogP contribution in [0.2, 0.25) is 0 Å². The Morgan fingerprint density at radius 2 is 2.38 bits per heavy atom. The van der Waals surface area contributed by atoms with Crippen LogP contribution in [0, 0.1) is 0 Å². The number of rotatable bonds is 2. The number of hydrogen-bond donors (Lipinski definition) is 0. The average molecular weight is 192 g/mol. The lowest BCUT2D eigenvalue weighted by Crippen LogP contribution is -2.18. The molecule has 2 aromatic heterocycles. The van der Waals surface area contributed by atoms with Crippen molar-refractivity contribution in [2.45, 2.75) is 6.54 Å². The topological polar surface area (TPSA) is 34.9 Å². The molecule has 0 aliphatic carbocycles. The Labute approximate surface area is 79.3 Å². The summed E-state index contributed by atoms with van der Waals surface area (Å²) in [6.07, 6.45) is 3.06. The second-order valence-corrected chi connectivity index (χ2v) is 3.46. The molecule has 2 aromatic rings. The standard InChI is InChI=1S/C9H8N2OS/c12-9-1-3-10-7-11(9)5-8-2-4-13-6-8/h1-4,6-7H,5H2. The fourth-order valence-corrected chi connectivity index (χ4v) is 1.74. The van der Waals surface area contributed by atoms with Crippen molar-refractivity contribution in [1.29, 1.82) is 0 Å². The summed E-state index contributed by atoms with van der Waals surface area (Å²) in [5.41, 5.74) is 1.13. The molecule has 0 radical (unpaired) electrons. The average Bonchev–Trinajstić information content (AvgIpc) is 2.61. The third-order valence-electron chi connectivity index (χ3n) is 1.73. The molecule has 66 valence electrons. The van der Waals surface area contributed by atoms with Crippen molar-refractivity contribution in [2.75, 3.05) is 0 Å². The highest BCUT2D eigenvalue weighted by Crippen LogP contribution is 2.06. The zero-order valence-electron chi connectivity index (χ0n) is 6.88. The Bertz CT molecular complexity index is 433. The van der Waals surface area contributed by atoms with Gasteiger partial charge in [0.1, 0.15) is 0 Å². The quantitative estimate of drug-likeness (QED) is 0.720. The van der Waals surface area contributed by atoms with Gasteiger partial charge in [0.25, 0.3) is 5.56 Å². The first-order valence-electron chi connectivity index (χ1n) is 3.88. The van der Waals surface area contributed by atoms with Gasteiger partial charge in [-0.15, -0.1) is 0 Å². The molecule has 0 atom stereocenters. The number of thiophene rings is 1. The van der Waals surface area contributed by atoms with Crippen LogP contribution in [0.5, 0.6) is 0 Å². The van der Waals surface area contributed by atoms with Crippen molar-refractivity contribution in [3.05, 3.63) is 51.3 Å². The van der Waals surface area contributed by atoms with Gasteiger partial charge in [-0.05, 0) is 22.4 Å². The van der Waals surface area contributed by atoms with E-state index in [1.165, 1.54) is 12.3 Å². The van der Waals surface area contributed by atoms with Crippen LogP contribution in [0.4, 0.5) is 0 Å². The smallest absolute Gasteiger partial charge is 0.253 e. The Balaban J connectivity index is 2.29. The maximum absolute atomic E-state index is 11.3. The van der Waals surface area contributed by atoms with Crippen molar-refractivity contribution in [3.63, 3.8) is 0 Å². The van der Waals surface area contributed by atoms with E-state index in [0.717, 1.165) is 5.56 Å². The van der Waals surface area contributed by atoms with Gasteiger partial charge in [-0.3, -0.25) is 9.36 Å². The van der Waals surface area contributed by atoms with Crippen LogP contribution in [-0.4, -0.2) is 9.55 Å². The Kier molecular flexibility index (Phi) is 2.23. The summed E-state index contributed by atoms with van der Waals surface area (Å²) in [6.45, 7) is 0.607. The summed E-state index contributed by atoms with van der Waals surface area (Å²) in [6, 6.07) is 3.47. The van der Waals surface area contributed by atoms with E-state index in [4.69, 9.17) is 0 Å².